The molecule has 454 valence electrons. The molecule has 23 nitrogen and oxygen atoms in total. The van der Waals surface area contributed by atoms with Gasteiger partial charge in [-0.05, 0) is 80.8 Å². The highest BCUT2D eigenvalue weighted by Gasteiger charge is 2.49. The van der Waals surface area contributed by atoms with E-state index in [1.807, 2.05) is 0 Å². The van der Waals surface area contributed by atoms with Crippen molar-refractivity contribution in [2.24, 2.45) is 17.6 Å². The van der Waals surface area contributed by atoms with Gasteiger partial charge in [0.2, 0.25) is 41.4 Å². The van der Waals surface area contributed by atoms with Crippen LogP contribution in [0.5, 0.6) is 5.75 Å². The third-order valence-electron chi connectivity index (χ3n) is 15.3. The van der Waals surface area contributed by atoms with Gasteiger partial charge in [-0.15, -0.1) is 12.4 Å². The van der Waals surface area contributed by atoms with Gasteiger partial charge < -0.3 is 83.0 Å². The Morgan fingerprint density at radius 1 is 0.716 bits per heavy atom. The van der Waals surface area contributed by atoms with Crippen LogP contribution in [0.25, 0.3) is 0 Å². The van der Waals surface area contributed by atoms with Gasteiger partial charge in [-0.1, -0.05) is 108 Å². The Kier molecular flexibility index (Phi) is 28.0. The van der Waals surface area contributed by atoms with Crippen LogP contribution < -0.4 is 32.3 Å². The molecule has 3 fully saturated rings. The van der Waals surface area contributed by atoms with Crippen molar-refractivity contribution in [1.82, 2.24) is 36.4 Å². The number of unbranched alkanes of at least 4 members (excludes halogenated alkanes) is 5. The predicted molar refractivity (Wildman–Crippen MR) is 303 cm³/mol. The monoisotopic (exact) mass is 1180 g/mol. The number of nitrogens with zero attached hydrogens (tertiary/aromatic N) is 2. The van der Waals surface area contributed by atoms with E-state index in [4.69, 9.17) is 5.73 Å². The van der Waals surface area contributed by atoms with Crippen molar-refractivity contribution in [3.8, 4) is 5.75 Å². The first-order valence-electron chi connectivity index (χ1n) is 28.1. The molecule has 3 aliphatic heterocycles. The summed E-state index contributed by atoms with van der Waals surface area (Å²) < 4.78 is 0. The van der Waals surface area contributed by atoms with Gasteiger partial charge in [0, 0.05) is 37.2 Å². The number of amides is 7. The summed E-state index contributed by atoms with van der Waals surface area (Å²) in [5.41, 5.74) is 5.73. The van der Waals surface area contributed by atoms with E-state index in [0.717, 1.165) is 60.1 Å². The number of aliphatic hydroxyl groups excluding tert-OH is 7. The molecule has 0 aliphatic carbocycles. The second kappa shape index (κ2) is 33.2. The number of carbonyl (C=O) groups excluding carboxylic acids is 7. The molecule has 0 saturated carbocycles. The molecule has 16 atom stereocenters. The first-order valence-corrected chi connectivity index (χ1v) is 29.0. The van der Waals surface area contributed by atoms with Gasteiger partial charge in [0.15, 0.2) is 0 Å². The van der Waals surface area contributed by atoms with Gasteiger partial charge in [0.1, 0.15) is 59.6 Å². The Labute approximate surface area is 484 Å². The zero-order valence-corrected chi connectivity index (χ0v) is 48.3. The van der Waals surface area contributed by atoms with Crippen LogP contribution in [0, 0.1) is 11.8 Å². The molecule has 0 bridgehead atoms. The van der Waals surface area contributed by atoms with Crippen LogP contribution in [0.1, 0.15) is 129 Å². The molecule has 15 N–H and O–H groups in total. The molecule has 0 aromatic heterocycles. The lowest BCUT2D eigenvalue weighted by atomic mass is 9.91. The normalized spacial score (nSPS) is 27.6. The number of halogens is 1. The highest BCUT2D eigenvalue weighted by molar-refractivity contribution is 8.00. The number of phenols is 1. The van der Waals surface area contributed by atoms with Crippen molar-refractivity contribution in [2.75, 3.05) is 19.6 Å². The zero-order valence-electron chi connectivity index (χ0n) is 46.7. The van der Waals surface area contributed by atoms with Crippen LogP contribution in [0.3, 0.4) is 0 Å². The summed E-state index contributed by atoms with van der Waals surface area (Å²) in [5, 5.41) is 101. The number of nitrogens with two attached hydrogens (primary N) is 1. The molecule has 2 aromatic carbocycles. The Morgan fingerprint density at radius 3 is 1.98 bits per heavy atom. The quantitative estimate of drug-likeness (QED) is 0.0708. The maximum atomic E-state index is 14.7. The topological polar surface area (TPSA) is 374 Å². The Morgan fingerprint density at radius 2 is 1.33 bits per heavy atom. The number of hydrogen-bond acceptors (Lipinski definition) is 17. The first kappa shape index (κ1) is 68.3. The van der Waals surface area contributed by atoms with E-state index in [-0.39, 0.29) is 56.1 Å². The molecular formula is C56H87ClN8O15S. The number of thioether (sulfide) groups is 1. The molecule has 7 amide bonds. The van der Waals surface area contributed by atoms with E-state index in [2.05, 4.69) is 47.4 Å². The van der Waals surface area contributed by atoms with Crippen LogP contribution in [0.4, 0.5) is 0 Å². The number of benzene rings is 2. The summed E-state index contributed by atoms with van der Waals surface area (Å²) in [6.07, 6.45) is -5.32. The number of fused-ring (bicyclic) bond motifs is 2. The van der Waals surface area contributed by atoms with Crippen molar-refractivity contribution >= 4 is 65.5 Å². The largest absolute Gasteiger partial charge is 0.508 e. The van der Waals surface area contributed by atoms with Crippen molar-refractivity contribution in [2.45, 2.75) is 207 Å². The van der Waals surface area contributed by atoms with Gasteiger partial charge in [-0.25, -0.2) is 0 Å². The number of hydrogen-bond donors (Lipinski definition) is 14. The second-order valence-electron chi connectivity index (χ2n) is 21.9. The first-order chi connectivity index (χ1) is 38.0. The van der Waals surface area contributed by atoms with Crippen molar-refractivity contribution < 1.29 is 74.4 Å². The van der Waals surface area contributed by atoms with E-state index < -0.39 is 145 Å². The minimum Gasteiger partial charge on any atom is -0.508 e. The average Bonchev–Trinajstić information content (AvgIpc) is 4.04. The summed E-state index contributed by atoms with van der Waals surface area (Å²) >= 11 is 0.936. The number of nitrogens with one attached hydrogen (secondary N) is 5. The molecule has 81 heavy (non-hydrogen) atoms. The number of carbonyl (C=O) groups is 7. The molecule has 0 spiro atoms. The van der Waals surface area contributed by atoms with E-state index in [1.54, 1.807) is 30.3 Å². The average molecular weight is 1180 g/mol. The summed E-state index contributed by atoms with van der Waals surface area (Å²) in [4.78, 5) is 104. The summed E-state index contributed by atoms with van der Waals surface area (Å²) in [5.74, 6) is -6.32. The second-order valence-corrected chi connectivity index (χ2v) is 23.1. The number of aromatic hydroxyl groups is 1. The van der Waals surface area contributed by atoms with E-state index in [9.17, 15) is 74.4 Å². The fourth-order valence-electron chi connectivity index (χ4n) is 10.6. The van der Waals surface area contributed by atoms with Crippen LogP contribution in [-0.2, 0) is 33.6 Å². The van der Waals surface area contributed by atoms with Gasteiger partial charge >= 0.3 is 0 Å². The van der Waals surface area contributed by atoms with Crippen LogP contribution in [0.15, 0.2) is 59.5 Å². The molecule has 2 aromatic rings. The molecule has 5 rings (SSSR count). The Hall–Kier alpha value is -5.15. The van der Waals surface area contributed by atoms with Crippen LogP contribution in [0.2, 0.25) is 0 Å². The van der Waals surface area contributed by atoms with Gasteiger partial charge in [0.05, 0.1) is 30.5 Å². The van der Waals surface area contributed by atoms with Crippen molar-refractivity contribution in [1.29, 1.82) is 0 Å². The summed E-state index contributed by atoms with van der Waals surface area (Å²) in [6, 6.07) is 2.11. The van der Waals surface area contributed by atoms with Crippen LogP contribution >= 0.6 is 24.2 Å². The molecule has 25 heteroatoms. The molecule has 3 aliphatic rings. The Balaban J connectivity index is 0.0000141. The molecule has 3 saturated heterocycles. The number of aliphatic hydroxyl groups is 7. The maximum Gasteiger partial charge on any atom is 0.248 e. The lowest BCUT2D eigenvalue weighted by molar-refractivity contribution is -0.148. The summed E-state index contributed by atoms with van der Waals surface area (Å²) in [6.45, 7) is 6.85. The number of rotatable bonds is 22. The highest BCUT2D eigenvalue weighted by Crippen LogP contribution is 2.30. The molecule has 0 unspecified atom stereocenters. The smallest absolute Gasteiger partial charge is 0.248 e. The molecular weight excluding hydrogens is 1090 g/mol. The summed E-state index contributed by atoms with van der Waals surface area (Å²) in [7, 11) is 0. The lowest BCUT2D eigenvalue weighted by Crippen LogP contribution is -2.64. The maximum absolute atomic E-state index is 14.7. The van der Waals surface area contributed by atoms with E-state index >= 15 is 0 Å². The predicted octanol–water partition coefficient (Wildman–Crippen LogP) is 0.354. The van der Waals surface area contributed by atoms with E-state index in [1.165, 1.54) is 37.6 Å². The third kappa shape index (κ3) is 19.7. The van der Waals surface area contributed by atoms with Gasteiger partial charge in [-0.3, -0.25) is 33.6 Å². The van der Waals surface area contributed by atoms with Crippen molar-refractivity contribution in [3.63, 3.8) is 0 Å². The van der Waals surface area contributed by atoms with Crippen LogP contribution in [-0.4, -0.2) is 190 Å². The third-order valence-corrected chi connectivity index (χ3v) is 16.6. The SMILES string of the molecule is CC[C@H](C)C[C@H](C)CCCCCCCCC(=O)N[C@H]1C[C@@H](O)[C@@H](Sc2ccccc2)NC(=O)[C@@H]2[C@@H](O)CCN2C(=O)[C@H]([C@H](O)CCN)NC(=O)[C@H]([C@H](O)[C@@H](O)c2ccc(O)cc2)NC(=O)[C@@H]2C[C@@H](O)CN2C(=O)[C@H]([C@@H](C)O)NC1=O.Cl. The van der Waals surface area contributed by atoms with Gasteiger partial charge in [0.25, 0.3) is 0 Å². The standard InChI is InChI=1S/C56H86N8O15S.ClH/c1-5-31(2)27-32(3)15-11-8-6-7-9-14-18-43(71)58-38-29-42(70)54(80-37-16-12-10-13-17-37)62-53(77)47-41(69)24-26-63(47)56(79)45(40(68)23-25-57)60-52(76)46(49(73)48(72)34-19-21-35(66)22-20-34)61-51(75)39-28-36(67)30-64(39)55(78)44(33(4)65)59-50(38)74;/h10,12-13,16-17,19-22,31-33,36,38-42,44-49,54,65-70,72-73H,5-9,11,14-15,18,23-30,57H2,1-4H3,(H,58,71)(H,59,74)(H,60,76)(H,61,75)(H,62,77);1H/t31-,32+,33+,36+,38-,39-,40+,41-,42+,44-,45-,46-,47-,48-,49-,54+;/m0./s1. The van der Waals surface area contributed by atoms with E-state index in [0.29, 0.717) is 29.6 Å². The highest BCUT2D eigenvalue weighted by atomic mass is 35.5. The Bertz CT molecular complexity index is 2350. The zero-order chi connectivity index (χ0) is 58.8. The van der Waals surface area contributed by atoms with Crippen molar-refractivity contribution in [3.05, 3.63) is 60.2 Å². The fraction of sp³-hybridized carbons (Fsp3) is 0.661. The lowest BCUT2D eigenvalue weighted by Gasteiger charge is -2.35. The minimum atomic E-state index is -2.28. The minimum absolute atomic E-state index is 0. The fourth-order valence-corrected chi connectivity index (χ4v) is 11.6. The molecule has 3 heterocycles. The van der Waals surface area contributed by atoms with Gasteiger partial charge in [-0.2, -0.15) is 0 Å². The molecule has 0 radical (unpaired) electrons. The number of phenolic OH excluding ortho intramolecular Hbond substituents is 1.